The Morgan fingerprint density at radius 1 is 1.46 bits per heavy atom. The van der Waals surface area contributed by atoms with Gasteiger partial charge in [0.1, 0.15) is 5.82 Å². The Morgan fingerprint density at radius 2 is 2.08 bits per heavy atom. The number of rotatable bonds is 2. The van der Waals surface area contributed by atoms with Gasteiger partial charge in [0.15, 0.2) is 9.84 Å². The molecule has 1 rings (SSSR count). The number of benzene rings is 1. The molecule has 72 valence electrons. The number of nitrogens with two attached hydrogens (primary N) is 1. The third-order valence-corrected chi connectivity index (χ3v) is 2.33. The fourth-order valence-electron chi connectivity index (χ4n) is 0.963. The number of anilines is 1. The Kier molecular flexibility index (Phi) is 2.56. The molecule has 13 heavy (non-hydrogen) atoms. The first-order valence-electron chi connectivity index (χ1n) is 3.60. The van der Waals surface area contributed by atoms with Gasteiger partial charge < -0.3 is 5.73 Å². The van der Waals surface area contributed by atoms with Crippen molar-refractivity contribution in [3.8, 4) is 0 Å². The maximum atomic E-state index is 13.0. The molecule has 1 aromatic rings. The largest absolute Gasteiger partial charge is 0.399 e. The molecule has 0 bridgehead atoms. The normalized spacial score (nSPS) is 11.5. The summed E-state index contributed by atoms with van der Waals surface area (Å²) in [5, 5.41) is 0. The van der Waals surface area contributed by atoms with E-state index in [0.29, 0.717) is 0 Å². The van der Waals surface area contributed by atoms with E-state index >= 15 is 0 Å². The lowest BCUT2D eigenvalue weighted by Crippen LogP contribution is -2.03. The van der Waals surface area contributed by atoms with Gasteiger partial charge in [-0.25, -0.2) is 12.8 Å². The minimum absolute atomic E-state index is 0.150. The van der Waals surface area contributed by atoms with E-state index in [2.05, 4.69) is 0 Å². The molecular formula is C8H10FNO2S. The highest BCUT2D eigenvalue weighted by Gasteiger charge is 2.09. The molecule has 0 radical (unpaired) electrons. The third kappa shape index (κ3) is 3.02. The highest BCUT2D eigenvalue weighted by molar-refractivity contribution is 7.89. The number of sulfone groups is 1. The van der Waals surface area contributed by atoms with Crippen LogP contribution >= 0.6 is 0 Å². The van der Waals surface area contributed by atoms with Crippen LogP contribution in [-0.4, -0.2) is 14.7 Å². The molecule has 0 aromatic heterocycles. The van der Waals surface area contributed by atoms with Crippen molar-refractivity contribution in [2.45, 2.75) is 5.75 Å². The van der Waals surface area contributed by atoms with Crippen LogP contribution in [0.2, 0.25) is 0 Å². The summed E-state index contributed by atoms with van der Waals surface area (Å²) in [6.07, 6.45) is 1.06. The summed E-state index contributed by atoms with van der Waals surface area (Å²) in [6.45, 7) is 0. The third-order valence-electron chi connectivity index (χ3n) is 1.49. The van der Waals surface area contributed by atoms with E-state index in [-0.39, 0.29) is 17.0 Å². The highest BCUT2D eigenvalue weighted by atomic mass is 32.2. The summed E-state index contributed by atoms with van der Waals surface area (Å²) in [5.74, 6) is -0.871. The monoisotopic (exact) mass is 203 g/mol. The summed E-state index contributed by atoms with van der Waals surface area (Å²) in [7, 11) is -3.19. The van der Waals surface area contributed by atoms with Crippen LogP contribution in [0.3, 0.4) is 0 Å². The fraction of sp³-hybridized carbons (Fsp3) is 0.250. The van der Waals surface area contributed by atoms with E-state index in [4.69, 9.17) is 5.73 Å². The van der Waals surface area contributed by atoms with E-state index in [0.717, 1.165) is 12.3 Å². The molecule has 5 heteroatoms. The quantitative estimate of drug-likeness (QED) is 0.728. The Labute approximate surface area is 76.3 Å². The molecule has 0 saturated carbocycles. The van der Waals surface area contributed by atoms with Crippen LogP contribution in [0.1, 0.15) is 5.56 Å². The molecule has 0 amide bonds. The van der Waals surface area contributed by atoms with Gasteiger partial charge in [0.2, 0.25) is 0 Å². The van der Waals surface area contributed by atoms with Gasteiger partial charge in [0.05, 0.1) is 5.75 Å². The molecule has 0 saturated heterocycles. The van der Waals surface area contributed by atoms with E-state index in [9.17, 15) is 12.8 Å². The highest BCUT2D eigenvalue weighted by Crippen LogP contribution is 2.13. The summed E-state index contributed by atoms with van der Waals surface area (Å²) in [4.78, 5) is 0. The average Bonchev–Trinajstić information content (AvgIpc) is 1.93. The van der Waals surface area contributed by atoms with Crippen LogP contribution in [0, 0.1) is 5.82 Å². The molecular weight excluding hydrogens is 193 g/mol. The van der Waals surface area contributed by atoms with Crippen molar-refractivity contribution in [3.05, 3.63) is 29.6 Å². The van der Waals surface area contributed by atoms with E-state index < -0.39 is 15.7 Å². The Bertz CT molecular complexity index is 414. The number of hydrogen-bond acceptors (Lipinski definition) is 3. The maximum Gasteiger partial charge on any atom is 0.151 e. The molecule has 0 aliphatic carbocycles. The molecule has 1 aromatic carbocycles. The van der Waals surface area contributed by atoms with Crippen LogP contribution in [0.4, 0.5) is 10.1 Å². The van der Waals surface area contributed by atoms with Crippen molar-refractivity contribution in [1.29, 1.82) is 0 Å². The zero-order valence-electron chi connectivity index (χ0n) is 7.12. The number of hydrogen-bond donors (Lipinski definition) is 1. The molecule has 0 aliphatic heterocycles. The lowest BCUT2D eigenvalue weighted by atomic mass is 10.2. The van der Waals surface area contributed by atoms with E-state index in [1.165, 1.54) is 12.1 Å². The van der Waals surface area contributed by atoms with Gasteiger partial charge in [0, 0.05) is 17.5 Å². The standard InChI is InChI=1S/C8H10FNO2S/c1-13(11,12)5-6-2-3-7(10)4-8(6)9/h2-4H,5,10H2,1H3. The lowest BCUT2D eigenvalue weighted by Gasteiger charge is -2.01. The Morgan fingerprint density at radius 3 is 2.54 bits per heavy atom. The van der Waals surface area contributed by atoms with Crippen molar-refractivity contribution < 1.29 is 12.8 Å². The molecule has 0 heterocycles. The number of nitrogen functional groups attached to an aromatic ring is 1. The second kappa shape index (κ2) is 3.33. The van der Waals surface area contributed by atoms with Crippen LogP contribution in [0.25, 0.3) is 0 Å². The van der Waals surface area contributed by atoms with Crippen molar-refractivity contribution in [1.82, 2.24) is 0 Å². The molecule has 0 fully saturated rings. The topological polar surface area (TPSA) is 60.2 Å². The summed E-state index contributed by atoms with van der Waals surface area (Å²) >= 11 is 0. The van der Waals surface area contributed by atoms with Gasteiger partial charge in [-0.15, -0.1) is 0 Å². The van der Waals surface area contributed by atoms with Crippen LogP contribution in [-0.2, 0) is 15.6 Å². The van der Waals surface area contributed by atoms with Gasteiger partial charge in [-0.3, -0.25) is 0 Å². The summed E-state index contributed by atoms with van der Waals surface area (Å²) in [5.41, 5.74) is 5.74. The zero-order valence-corrected chi connectivity index (χ0v) is 7.94. The van der Waals surface area contributed by atoms with Crippen molar-refractivity contribution in [2.24, 2.45) is 0 Å². The van der Waals surface area contributed by atoms with Crippen molar-refractivity contribution in [2.75, 3.05) is 12.0 Å². The molecule has 0 atom stereocenters. The van der Waals surface area contributed by atoms with Gasteiger partial charge >= 0.3 is 0 Å². The lowest BCUT2D eigenvalue weighted by molar-refractivity contribution is 0.592. The smallest absolute Gasteiger partial charge is 0.151 e. The molecule has 0 spiro atoms. The van der Waals surface area contributed by atoms with Crippen LogP contribution in [0.15, 0.2) is 18.2 Å². The first-order valence-corrected chi connectivity index (χ1v) is 5.66. The van der Waals surface area contributed by atoms with Gasteiger partial charge in [-0.05, 0) is 12.1 Å². The zero-order chi connectivity index (χ0) is 10.1. The Balaban J connectivity index is 3.04. The Hall–Kier alpha value is -1.10. The first-order chi connectivity index (χ1) is 5.88. The molecule has 2 N–H and O–H groups in total. The van der Waals surface area contributed by atoms with Crippen LogP contribution in [0.5, 0.6) is 0 Å². The predicted molar refractivity (Wildman–Crippen MR) is 49.4 cm³/mol. The molecule has 0 aliphatic rings. The first kappa shape index (κ1) is 9.98. The molecule has 3 nitrogen and oxygen atoms in total. The predicted octanol–water partition coefficient (Wildman–Crippen LogP) is 0.953. The number of halogens is 1. The van der Waals surface area contributed by atoms with Gasteiger partial charge in [-0.1, -0.05) is 6.07 Å². The van der Waals surface area contributed by atoms with E-state index in [1.807, 2.05) is 0 Å². The summed E-state index contributed by atoms with van der Waals surface area (Å²) < 4.78 is 34.7. The van der Waals surface area contributed by atoms with Gasteiger partial charge in [0.25, 0.3) is 0 Å². The maximum absolute atomic E-state index is 13.0. The van der Waals surface area contributed by atoms with Crippen LogP contribution < -0.4 is 5.73 Å². The molecule has 0 unspecified atom stereocenters. The van der Waals surface area contributed by atoms with Crippen molar-refractivity contribution >= 4 is 15.5 Å². The second-order valence-corrected chi connectivity index (χ2v) is 5.06. The SMILES string of the molecule is CS(=O)(=O)Cc1ccc(N)cc1F. The summed E-state index contributed by atoms with van der Waals surface area (Å²) in [6, 6.07) is 3.97. The van der Waals surface area contributed by atoms with Gasteiger partial charge in [-0.2, -0.15) is 0 Å². The van der Waals surface area contributed by atoms with Crippen molar-refractivity contribution in [3.63, 3.8) is 0 Å². The minimum Gasteiger partial charge on any atom is -0.399 e. The fourth-order valence-corrected chi connectivity index (χ4v) is 1.76. The van der Waals surface area contributed by atoms with E-state index in [1.54, 1.807) is 0 Å². The second-order valence-electron chi connectivity index (χ2n) is 2.92. The average molecular weight is 203 g/mol. The minimum atomic E-state index is -3.19.